The van der Waals surface area contributed by atoms with E-state index in [2.05, 4.69) is 25.3 Å². The van der Waals surface area contributed by atoms with Crippen LogP contribution in [0.15, 0.2) is 138 Å². The van der Waals surface area contributed by atoms with Crippen LogP contribution in [0.3, 0.4) is 0 Å². The zero-order valence-corrected chi connectivity index (χ0v) is 38.8. The number of rotatable bonds is 19. The minimum absolute atomic E-state index is 0.0135. The van der Waals surface area contributed by atoms with E-state index in [0.717, 1.165) is 16.7 Å². The Balaban J connectivity index is 0.957. The van der Waals surface area contributed by atoms with Crippen molar-refractivity contribution >= 4 is 30.9 Å². The fourth-order valence-electron chi connectivity index (χ4n) is 8.36. The van der Waals surface area contributed by atoms with Crippen LogP contribution in [0.25, 0.3) is 11.2 Å². The molecule has 69 heavy (non-hydrogen) atoms. The highest BCUT2D eigenvalue weighted by Gasteiger charge is 2.43. The van der Waals surface area contributed by atoms with Crippen LogP contribution in [0.2, 0.25) is 0 Å². The van der Waals surface area contributed by atoms with Gasteiger partial charge in [0.2, 0.25) is 8.03 Å². The van der Waals surface area contributed by atoms with Gasteiger partial charge in [0.25, 0.3) is 11.5 Å². The molecule has 0 aliphatic carbocycles. The largest absolute Gasteiger partial charge is 0.497 e. The number of H-pyrrole nitrogens is 1. The van der Waals surface area contributed by atoms with Crippen molar-refractivity contribution in [2.45, 2.75) is 56.3 Å². The molecule has 3 aromatic heterocycles. The highest BCUT2D eigenvalue weighted by atomic mass is 31.1. The molecule has 2 N–H and O–H groups in total. The smallest absolute Gasteiger partial charge is 0.330 e. The van der Waals surface area contributed by atoms with Gasteiger partial charge >= 0.3 is 5.69 Å². The first-order valence-electron chi connectivity index (χ1n) is 22.0. The third-order valence-corrected chi connectivity index (χ3v) is 12.7. The quantitative estimate of drug-likeness (QED) is 0.0502. The molecule has 1 amide bonds. The van der Waals surface area contributed by atoms with Crippen LogP contribution in [-0.2, 0) is 38.4 Å². The Hall–Kier alpha value is -6.83. The Morgan fingerprint density at radius 3 is 2.17 bits per heavy atom. The SMILES string of the molecule is COc1ccc(C(OC[C@H]2O[C@@H](n3cnc4c(NC(=O)c5ccccc5)ncnc43)C[C@H]2OCO[PH](=O)CO[C@@H]2[CH]C[C@H](n3cc(C)c(=O)[nH]c3=O)O2)(c2ccccc2)c2ccc(OC)cc2)cc1. The average molecular weight is 959 g/mol. The minimum Gasteiger partial charge on any atom is -0.497 e. The van der Waals surface area contributed by atoms with Crippen LogP contribution in [0.4, 0.5) is 5.82 Å². The molecule has 357 valence electrons. The molecule has 19 nitrogen and oxygen atoms in total. The summed E-state index contributed by atoms with van der Waals surface area (Å²) in [5, 5.41) is 2.85. The van der Waals surface area contributed by atoms with E-state index in [4.69, 9.17) is 37.7 Å². The topological polar surface area (TPSA) is 218 Å². The van der Waals surface area contributed by atoms with Crippen molar-refractivity contribution in [2.75, 3.05) is 39.3 Å². The molecule has 4 aromatic carbocycles. The second-order valence-electron chi connectivity index (χ2n) is 16.1. The second-order valence-corrected chi connectivity index (χ2v) is 17.4. The maximum absolute atomic E-state index is 13.2. The molecule has 2 fully saturated rings. The highest BCUT2D eigenvalue weighted by molar-refractivity contribution is 7.38. The third-order valence-electron chi connectivity index (χ3n) is 11.9. The van der Waals surface area contributed by atoms with Gasteiger partial charge in [-0.25, -0.2) is 19.7 Å². The van der Waals surface area contributed by atoms with Gasteiger partial charge in [-0.1, -0.05) is 72.8 Å². The molecule has 0 spiro atoms. The number of amides is 1. The molecule has 9 rings (SSSR count). The number of aromatic amines is 1. The van der Waals surface area contributed by atoms with E-state index in [0.29, 0.717) is 40.2 Å². The predicted molar refractivity (Wildman–Crippen MR) is 251 cm³/mol. The van der Waals surface area contributed by atoms with E-state index in [1.165, 1.54) is 17.1 Å². The lowest BCUT2D eigenvalue weighted by Gasteiger charge is -2.37. The number of fused-ring (bicyclic) bond motifs is 1. The maximum Gasteiger partial charge on any atom is 0.330 e. The van der Waals surface area contributed by atoms with E-state index in [-0.39, 0.29) is 37.9 Å². The van der Waals surface area contributed by atoms with E-state index in [1.807, 2.05) is 84.9 Å². The molecule has 7 aromatic rings. The number of anilines is 1. The molecule has 5 heterocycles. The maximum atomic E-state index is 13.2. The number of aromatic nitrogens is 6. The summed E-state index contributed by atoms with van der Waals surface area (Å²) in [7, 11) is 0.388. The highest BCUT2D eigenvalue weighted by Crippen LogP contribution is 2.43. The molecule has 0 bridgehead atoms. The number of imidazole rings is 1. The lowest BCUT2D eigenvalue weighted by molar-refractivity contribution is -0.132. The molecule has 6 atom stereocenters. The summed E-state index contributed by atoms with van der Waals surface area (Å²) in [6, 6.07) is 33.9. The van der Waals surface area contributed by atoms with Crippen molar-refractivity contribution in [3.63, 3.8) is 0 Å². The van der Waals surface area contributed by atoms with Gasteiger partial charge in [0.1, 0.15) is 48.3 Å². The molecular formula is C49H49N7O12P. The zero-order chi connectivity index (χ0) is 47.9. The van der Waals surface area contributed by atoms with Gasteiger partial charge in [0, 0.05) is 36.6 Å². The Bertz CT molecular complexity index is 2960. The van der Waals surface area contributed by atoms with Gasteiger partial charge in [0.05, 0.1) is 33.3 Å². The number of carbonyl (C=O) groups excluding carboxylic acids is 1. The van der Waals surface area contributed by atoms with Gasteiger partial charge in [-0.15, -0.1) is 0 Å². The predicted octanol–water partition coefficient (Wildman–Crippen LogP) is 6.51. The van der Waals surface area contributed by atoms with Crippen LogP contribution in [0.1, 0.15) is 57.9 Å². The van der Waals surface area contributed by atoms with E-state index < -0.39 is 55.8 Å². The summed E-state index contributed by atoms with van der Waals surface area (Å²) in [6.45, 7) is 1.19. The van der Waals surface area contributed by atoms with Crippen molar-refractivity contribution < 1.29 is 47.0 Å². The molecule has 2 saturated heterocycles. The molecule has 1 radical (unpaired) electrons. The lowest BCUT2D eigenvalue weighted by Crippen LogP contribution is -2.38. The number of nitrogens with zero attached hydrogens (tertiary/aromatic N) is 5. The van der Waals surface area contributed by atoms with Gasteiger partial charge in [-0.05, 0) is 60.0 Å². The summed E-state index contributed by atoms with van der Waals surface area (Å²) in [6.07, 6.45) is 2.59. The van der Waals surface area contributed by atoms with E-state index >= 15 is 0 Å². The number of nitrogens with one attached hydrogen (secondary N) is 2. The third kappa shape index (κ3) is 10.3. The van der Waals surface area contributed by atoms with Crippen LogP contribution >= 0.6 is 8.03 Å². The molecular weight excluding hydrogens is 910 g/mol. The number of aryl methyl sites for hydroxylation is 1. The molecule has 2 aliphatic heterocycles. The molecule has 1 unspecified atom stereocenters. The Labute approximate surface area is 396 Å². The number of benzene rings is 4. The first-order chi connectivity index (χ1) is 33.6. The lowest BCUT2D eigenvalue weighted by atomic mass is 9.80. The fraction of sp³-hybridized carbons (Fsp3) is 0.286. The van der Waals surface area contributed by atoms with Crippen molar-refractivity contribution in [1.29, 1.82) is 0 Å². The number of hydrogen-bond acceptors (Lipinski definition) is 15. The number of ether oxygens (including phenoxy) is 7. The molecule has 0 saturated carbocycles. The summed E-state index contributed by atoms with van der Waals surface area (Å²) in [5.74, 6) is 1.21. The Morgan fingerprint density at radius 2 is 1.49 bits per heavy atom. The van der Waals surface area contributed by atoms with Gasteiger partial charge in [0.15, 0.2) is 30.1 Å². The van der Waals surface area contributed by atoms with Gasteiger partial charge < -0.3 is 43.0 Å². The Kier molecular flexibility index (Phi) is 14.5. The van der Waals surface area contributed by atoms with Crippen molar-refractivity contribution in [1.82, 2.24) is 29.1 Å². The number of methoxy groups -OCH3 is 2. The monoisotopic (exact) mass is 958 g/mol. The average Bonchev–Trinajstić information content (AvgIpc) is 4.15. The van der Waals surface area contributed by atoms with Crippen molar-refractivity contribution in [3.05, 3.63) is 183 Å². The van der Waals surface area contributed by atoms with Crippen LogP contribution < -0.4 is 26.0 Å². The van der Waals surface area contributed by atoms with Gasteiger partial charge in [-0.2, -0.15) is 0 Å². The fourth-order valence-corrected chi connectivity index (χ4v) is 8.94. The van der Waals surface area contributed by atoms with E-state index in [9.17, 15) is 18.9 Å². The van der Waals surface area contributed by atoms with E-state index in [1.54, 1.807) is 62.7 Å². The summed E-state index contributed by atoms with van der Waals surface area (Å²) in [4.78, 5) is 53.1. The van der Waals surface area contributed by atoms with Crippen molar-refractivity contribution in [2.24, 2.45) is 0 Å². The van der Waals surface area contributed by atoms with Crippen LogP contribution in [-0.4, -0.2) is 87.4 Å². The number of carbonyl (C=O) groups is 1. The zero-order valence-electron chi connectivity index (χ0n) is 37.8. The normalized spacial score (nSPS) is 19.7. The standard InChI is InChI=1S/C49H49N7O12P/c1-31-25-55(48(59)54-46(31)57)40-22-23-42(68-40)64-30-69(60)66-29-63-38-24-41(56-28-52-43-44(50-27-51-45(43)56)53-47(58)32-10-6-4-7-11-32)67-39(38)26-65-49(33-12-8-5-9-13-33,34-14-18-36(61-2)19-15-34)35-16-20-37(62-3)21-17-35/h4-21,23,25,27-28,38-42,69H,22,24,26,29-30H2,1-3H3,(H,54,57,59)(H,50,51,53,58)/t38-,39-,40-,41-,42+/m1/s1. The second kappa shape index (κ2) is 21.2. The first-order valence-corrected chi connectivity index (χ1v) is 23.5. The first kappa shape index (κ1) is 47.2. The van der Waals surface area contributed by atoms with Crippen LogP contribution in [0.5, 0.6) is 11.5 Å². The summed E-state index contributed by atoms with van der Waals surface area (Å²) < 4.78 is 65.0. The van der Waals surface area contributed by atoms with Gasteiger partial charge in [-0.3, -0.25) is 28.3 Å². The van der Waals surface area contributed by atoms with Crippen LogP contribution in [0, 0.1) is 13.3 Å². The summed E-state index contributed by atoms with van der Waals surface area (Å²) >= 11 is 0. The molecule has 2 aliphatic rings. The minimum atomic E-state index is -2.83. The summed E-state index contributed by atoms with van der Waals surface area (Å²) in [5.41, 5.74) is 1.74. The molecule has 20 heteroatoms. The number of hydrogen-bond donors (Lipinski definition) is 2. The Morgan fingerprint density at radius 1 is 0.826 bits per heavy atom. The van der Waals surface area contributed by atoms with Crippen molar-refractivity contribution in [3.8, 4) is 11.5 Å².